The highest BCUT2D eigenvalue weighted by Crippen LogP contribution is 2.32. The van der Waals surface area contributed by atoms with Gasteiger partial charge >= 0.3 is 0 Å². The molecule has 0 amide bonds. The van der Waals surface area contributed by atoms with Gasteiger partial charge in [0.05, 0.1) is 0 Å². The summed E-state index contributed by atoms with van der Waals surface area (Å²) in [5.74, 6) is 0. The second-order valence-corrected chi connectivity index (χ2v) is 7.41. The molecule has 146 valence electrons. The second-order valence-electron chi connectivity index (χ2n) is 7.41. The Morgan fingerprint density at radius 2 is 0.655 bits per heavy atom. The molecule has 0 fully saturated rings. The predicted molar refractivity (Wildman–Crippen MR) is 119 cm³/mol. The lowest BCUT2D eigenvalue weighted by Crippen LogP contribution is -3.00. The average Bonchev–Trinajstić information content (AvgIpc) is 2.76. The van der Waals surface area contributed by atoms with Crippen molar-refractivity contribution < 1.29 is 12.4 Å². The highest BCUT2D eigenvalue weighted by Gasteiger charge is 2.31. The van der Waals surface area contributed by atoms with E-state index in [0.29, 0.717) is 0 Å². The Morgan fingerprint density at radius 1 is 0.379 bits per heavy atom. The Kier molecular flexibility index (Phi) is 7.24. The molecule has 4 aromatic carbocycles. The van der Waals surface area contributed by atoms with Gasteiger partial charge in [-0.3, -0.25) is 4.48 Å². The Labute approximate surface area is 180 Å². The van der Waals surface area contributed by atoms with Crippen LogP contribution in [0.2, 0.25) is 0 Å². The van der Waals surface area contributed by atoms with Crippen molar-refractivity contribution in [2.24, 2.45) is 0 Å². The van der Waals surface area contributed by atoms with Crippen molar-refractivity contribution in [3.05, 3.63) is 138 Å². The van der Waals surface area contributed by atoms with Crippen molar-refractivity contribution >= 4 is 5.69 Å². The summed E-state index contributed by atoms with van der Waals surface area (Å²) in [6.07, 6.45) is 0. The monoisotopic (exact) mass is 399 g/mol. The van der Waals surface area contributed by atoms with Crippen LogP contribution in [0.15, 0.2) is 121 Å². The van der Waals surface area contributed by atoms with Crippen LogP contribution in [-0.2, 0) is 19.6 Å². The number of benzene rings is 4. The van der Waals surface area contributed by atoms with Crippen LogP contribution in [0, 0.1) is 0 Å². The van der Waals surface area contributed by atoms with Gasteiger partial charge in [-0.1, -0.05) is 109 Å². The highest BCUT2D eigenvalue weighted by atomic mass is 35.5. The standard InChI is InChI=1S/C27H26N.ClH/c1-5-13-24(14-6-1)21-28(27-19-11-4-12-20-27,22-25-15-7-2-8-16-25)23-26-17-9-3-10-18-26;/h1-20H,21-23H2;1H/q+1;/p-1. The Bertz CT molecular complexity index is 869. The van der Waals surface area contributed by atoms with E-state index in [1.165, 1.54) is 22.4 Å². The maximum Gasteiger partial charge on any atom is 0.133 e. The largest absolute Gasteiger partial charge is 1.00 e. The summed E-state index contributed by atoms with van der Waals surface area (Å²) in [6, 6.07) is 43.5. The van der Waals surface area contributed by atoms with E-state index in [1.54, 1.807) is 0 Å². The molecular weight excluding hydrogens is 374 g/mol. The van der Waals surface area contributed by atoms with Crippen LogP contribution in [0.1, 0.15) is 16.7 Å². The quantitative estimate of drug-likeness (QED) is 0.416. The van der Waals surface area contributed by atoms with E-state index in [1.807, 2.05) is 0 Å². The molecule has 0 aliphatic rings. The van der Waals surface area contributed by atoms with Gasteiger partial charge < -0.3 is 12.4 Å². The van der Waals surface area contributed by atoms with E-state index in [-0.39, 0.29) is 12.4 Å². The van der Waals surface area contributed by atoms with Gasteiger partial charge in [-0.05, 0) is 12.1 Å². The number of hydrogen-bond acceptors (Lipinski definition) is 0. The molecule has 4 rings (SSSR count). The molecule has 2 heteroatoms. The summed E-state index contributed by atoms with van der Waals surface area (Å²) < 4.78 is 0.860. The molecule has 0 radical (unpaired) electrons. The lowest BCUT2D eigenvalue weighted by Gasteiger charge is -2.39. The summed E-state index contributed by atoms with van der Waals surface area (Å²) >= 11 is 0. The van der Waals surface area contributed by atoms with Crippen molar-refractivity contribution in [3.8, 4) is 0 Å². The van der Waals surface area contributed by atoms with Crippen LogP contribution in [0.4, 0.5) is 5.69 Å². The van der Waals surface area contributed by atoms with Gasteiger partial charge in [0.2, 0.25) is 0 Å². The molecule has 0 bridgehead atoms. The number of para-hydroxylation sites is 1. The van der Waals surface area contributed by atoms with Crippen molar-refractivity contribution in [3.63, 3.8) is 0 Å². The molecular formula is C27H26ClN. The zero-order valence-corrected chi connectivity index (χ0v) is 17.2. The minimum absolute atomic E-state index is 0. The third kappa shape index (κ3) is 5.35. The highest BCUT2D eigenvalue weighted by molar-refractivity contribution is 5.45. The van der Waals surface area contributed by atoms with E-state index in [2.05, 4.69) is 121 Å². The fourth-order valence-electron chi connectivity index (χ4n) is 3.98. The summed E-state index contributed by atoms with van der Waals surface area (Å²) in [5, 5.41) is 0. The minimum atomic E-state index is 0. The minimum Gasteiger partial charge on any atom is -1.00 e. The zero-order chi connectivity index (χ0) is 19.1. The first-order chi connectivity index (χ1) is 13.8. The fourth-order valence-corrected chi connectivity index (χ4v) is 3.98. The molecule has 0 saturated heterocycles. The Hall–Kier alpha value is -2.87. The molecule has 0 atom stereocenters. The van der Waals surface area contributed by atoms with Crippen LogP contribution >= 0.6 is 0 Å². The Balaban J connectivity index is 0.00000240. The molecule has 0 aliphatic carbocycles. The van der Waals surface area contributed by atoms with Crippen LogP contribution in [-0.4, -0.2) is 0 Å². The van der Waals surface area contributed by atoms with E-state index in [4.69, 9.17) is 0 Å². The van der Waals surface area contributed by atoms with Crippen LogP contribution < -0.4 is 16.9 Å². The maximum absolute atomic E-state index is 2.27. The fraction of sp³-hybridized carbons (Fsp3) is 0.111. The SMILES string of the molecule is [Cl-].c1ccc(C[N+](Cc2ccccc2)(Cc2ccccc2)c2ccccc2)cc1. The van der Waals surface area contributed by atoms with E-state index >= 15 is 0 Å². The van der Waals surface area contributed by atoms with E-state index in [0.717, 1.165) is 24.1 Å². The summed E-state index contributed by atoms with van der Waals surface area (Å²) in [5.41, 5.74) is 5.42. The Morgan fingerprint density at radius 3 is 0.966 bits per heavy atom. The first-order valence-electron chi connectivity index (χ1n) is 9.88. The number of quaternary nitrogens is 1. The van der Waals surface area contributed by atoms with Crippen molar-refractivity contribution in [1.29, 1.82) is 0 Å². The molecule has 0 aliphatic heterocycles. The van der Waals surface area contributed by atoms with Crippen molar-refractivity contribution in [1.82, 2.24) is 4.48 Å². The molecule has 1 nitrogen and oxygen atoms in total. The van der Waals surface area contributed by atoms with Gasteiger partial charge in [-0.15, -0.1) is 0 Å². The molecule has 0 unspecified atom stereocenters. The van der Waals surface area contributed by atoms with Gasteiger partial charge in [0.25, 0.3) is 0 Å². The summed E-state index contributed by atoms with van der Waals surface area (Å²) in [4.78, 5) is 0. The molecule has 4 aromatic rings. The predicted octanol–water partition coefficient (Wildman–Crippen LogP) is 3.60. The normalized spacial score (nSPS) is 10.9. The summed E-state index contributed by atoms with van der Waals surface area (Å²) in [6.45, 7) is 2.86. The average molecular weight is 400 g/mol. The number of hydrogen-bond donors (Lipinski definition) is 0. The maximum atomic E-state index is 2.27. The van der Waals surface area contributed by atoms with Gasteiger partial charge in [0.1, 0.15) is 25.3 Å². The first-order valence-corrected chi connectivity index (χ1v) is 9.88. The number of rotatable bonds is 7. The van der Waals surface area contributed by atoms with Crippen LogP contribution in [0.5, 0.6) is 0 Å². The van der Waals surface area contributed by atoms with Gasteiger partial charge in [0.15, 0.2) is 0 Å². The van der Waals surface area contributed by atoms with E-state index < -0.39 is 0 Å². The molecule has 0 saturated carbocycles. The van der Waals surface area contributed by atoms with Gasteiger partial charge in [0, 0.05) is 16.7 Å². The number of halogens is 1. The molecule has 0 aromatic heterocycles. The third-order valence-electron chi connectivity index (χ3n) is 5.29. The van der Waals surface area contributed by atoms with E-state index in [9.17, 15) is 0 Å². The topological polar surface area (TPSA) is 0 Å². The number of nitrogens with zero attached hydrogens (tertiary/aromatic N) is 1. The van der Waals surface area contributed by atoms with Crippen LogP contribution in [0.25, 0.3) is 0 Å². The molecule has 0 spiro atoms. The first kappa shape index (κ1) is 20.9. The molecule has 29 heavy (non-hydrogen) atoms. The lowest BCUT2D eigenvalue weighted by molar-refractivity contribution is -0.00000582. The lowest BCUT2D eigenvalue weighted by atomic mass is 10.0. The summed E-state index contributed by atoms with van der Waals surface area (Å²) in [7, 11) is 0. The van der Waals surface area contributed by atoms with Gasteiger partial charge in [-0.2, -0.15) is 0 Å². The van der Waals surface area contributed by atoms with Crippen molar-refractivity contribution in [2.75, 3.05) is 0 Å². The van der Waals surface area contributed by atoms with Crippen LogP contribution in [0.3, 0.4) is 0 Å². The zero-order valence-electron chi connectivity index (χ0n) is 16.5. The molecule has 0 heterocycles. The smallest absolute Gasteiger partial charge is 0.133 e. The molecule has 0 N–H and O–H groups in total. The second kappa shape index (κ2) is 10.1. The van der Waals surface area contributed by atoms with Gasteiger partial charge in [-0.25, -0.2) is 0 Å². The van der Waals surface area contributed by atoms with Crippen molar-refractivity contribution in [2.45, 2.75) is 19.6 Å². The third-order valence-corrected chi connectivity index (χ3v) is 5.29.